The fourth-order valence-corrected chi connectivity index (χ4v) is 1.28. The first-order valence-electron chi connectivity index (χ1n) is 5.88. The van der Waals surface area contributed by atoms with E-state index in [9.17, 15) is 9.59 Å². The first-order valence-corrected chi connectivity index (χ1v) is 5.88. The molecule has 0 spiro atoms. The highest BCUT2D eigenvalue weighted by Gasteiger charge is 2.12. The number of rotatable bonds is 5. The largest absolute Gasteiger partial charge is 0.482 e. The van der Waals surface area contributed by atoms with Crippen LogP contribution >= 0.6 is 0 Å². The summed E-state index contributed by atoms with van der Waals surface area (Å²) in [5.41, 5.74) is 6.39. The number of ether oxygens (including phenoxy) is 2. The average molecular weight is 266 g/mol. The Bertz CT molecular complexity index is 472. The number of nitrogen functional groups attached to an aromatic ring is 1. The van der Waals surface area contributed by atoms with Gasteiger partial charge in [-0.1, -0.05) is 0 Å². The molecule has 104 valence electrons. The molecule has 6 nitrogen and oxygen atoms in total. The van der Waals surface area contributed by atoms with E-state index < -0.39 is 5.97 Å². The summed E-state index contributed by atoms with van der Waals surface area (Å²) in [5, 5.41) is 2.42. The van der Waals surface area contributed by atoms with Crippen molar-refractivity contribution in [2.75, 3.05) is 19.4 Å². The van der Waals surface area contributed by atoms with Gasteiger partial charge in [0.05, 0.1) is 17.4 Å². The highest BCUT2D eigenvalue weighted by Crippen LogP contribution is 2.23. The van der Waals surface area contributed by atoms with Crippen LogP contribution in [-0.4, -0.2) is 31.6 Å². The summed E-state index contributed by atoms with van der Waals surface area (Å²) < 4.78 is 10.3. The van der Waals surface area contributed by atoms with Gasteiger partial charge in [0.1, 0.15) is 5.75 Å². The van der Waals surface area contributed by atoms with Crippen LogP contribution < -0.4 is 15.8 Å². The Balaban J connectivity index is 2.82. The van der Waals surface area contributed by atoms with Crippen LogP contribution in [0.25, 0.3) is 0 Å². The molecule has 1 amide bonds. The van der Waals surface area contributed by atoms with Crippen LogP contribution in [0.3, 0.4) is 0 Å². The quantitative estimate of drug-likeness (QED) is 0.612. The van der Waals surface area contributed by atoms with Crippen molar-refractivity contribution in [3.8, 4) is 5.75 Å². The van der Waals surface area contributed by atoms with Crippen LogP contribution in [0.2, 0.25) is 0 Å². The number of anilines is 1. The maximum Gasteiger partial charge on any atom is 0.338 e. The minimum absolute atomic E-state index is 0.163. The van der Waals surface area contributed by atoms with Gasteiger partial charge in [-0.3, -0.25) is 4.79 Å². The van der Waals surface area contributed by atoms with Crippen LogP contribution in [-0.2, 0) is 9.53 Å². The third-order valence-corrected chi connectivity index (χ3v) is 2.23. The smallest absolute Gasteiger partial charge is 0.338 e. The summed E-state index contributed by atoms with van der Waals surface area (Å²) in [6, 6.07) is 4.55. The van der Waals surface area contributed by atoms with Gasteiger partial charge in [-0.15, -0.1) is 0 Å². The summed E-state index contributed by atoms with van der Waals surface area (Å²) in [6.45, 7) is 3.36. The third kappa shape index (κ3) is 4.50. The minimum atomic E-state index is -0.459. The molecule has 0 radical (unpaired) electrons. The molecule has 0 saturated carbocycles. The molecular weight excluding hydrogens is 248 g/mol. The summed E-state index contributed by atoms with van der Waals surface area (Å²) in [6.07, 6.45) is -0.208. The highest BCUT2D eigenvalue weighted by molar-refractivity contribution is 5.90. The van der Waals surface area contributed by atoms with Crippen LogP contribution in [0.5, 0.6) is 5.75 Å². The molecule has 0 aliphatic heterocycles. The van der Waals surface area contributed by atoms with Crippen LogP contribution in [0, 0.1) is 0 Å². The standard InChI is InChI=1S/C13H18N2O4/c1-8(2)19-13(17)9-4-5-10(14)11(6-9)18-7-12(16)15-3/h4-6,8H,7,14H2,1-3H3,(H,15,16). The summed E-state index contributed by atoms with van der Waals surface area (Å²) >= 11 is 0. The zero-order valence-electron chi connectivity index (χ0n) is 11.2. The van der Waals surface area contributed by atoms with E-state index in [-0.39, 0.29) is 24.4 Å². The fourth-order valence-electron chi connectivity index (χ4n) is 1.28. The van der Waals surface area contributed by atoms with Crippen LogP contribution in [0.1, 0.15) is 24.2 Å². The molecule has 19 heavy (non-hydrogen) atoms. The molecule has 1 aromatic rings. The zero-order valence-corrected chi connectivity index (χ0v) is 11.2. The molecule has 6 heteroatoms. The predicted octanol–water partition coefficient (Wildman–Crippen LogP) is 0.959. The number of nitrogens with two attached hydrogens (primary N) is 1. The SMILES string of the molecule is CNC(=O)COc1cc(C(=O)OC(C)C)ccc1N. The third-order valence-electron chi connectivity index (χ3n) is 2.23. The summed E-state index contributed by atoms with van der Waals surface area (Å²) in [4.78, 5) is 22.8. The summed E-state index contributed by atoms with van der Waals surface area (Å²) in [5.74, 6) is -0.462. The number of amides is 1. The van der Waals surface area contributed by atoms with Gasteiger partial charge in [-0.05, 0) is 32.0 Å². The number of hydrogen-bond acceptors (Lipinski definition) is 5. The summed E-state index contributed by atoms with van der Waals surface area (Å²) in [7, 11) is 1.51. The number of likely N-dealkylation sites (N-methyl/N-ethyl adjacent to an activating group) is 1. The number of hydrogen-bond donors (Lipinski definition) is 2. The fraction of sp³-hybridized carbons (Fsp3) is 0.385. The molecule has 0 atom stereocenters. The topological polar surface area (TPSA) is 90.6 Å². The van der Waals surface area contributed by atoms with Crippen molar-refractivity contribution in [2.45, 2.75) is 20.0 Å². The number of nitrogens with one attached hydrogen (secondary N) is 1. The predicted molar refractivity (Wildman–Crippen MR) is 71.0 cm³/mol. The number of carbonyl (C=O) groups is 2. The Morgan fingerprint density at radius 2 is 2.05 bits per heavy atom. The van der Waals surface area contributed by atoms with Crippen molar-refractivity contribution in [2.24, 2.45) is 0 Å². The van der Waals surface area contributed by atoms with Crippen molar-refractivity contribution in [3.63, 3.8) is 0 Å². The first kappa shape index (κ1) is 14.8. The minimum Gasteiger partial charge on any atom is -0.482 e. The number of carbonyl (C=O) groups excluding carboxylic acids is 2. The van der Waals surface area contributed by atoms with Crippen molar-refractivity contribution in [1.29, 1.82) is 0 Å². The van der Waals surface area contributed by atoms with E-state index >= 15 is 0 Å². The van der Waals surface area contributed by atoms with E-state index in [0.29, 0.717) is 11.3 Å². The average Bonchev–Trinajstić information content (AvgIpc) is 2.36. The van der Waals surface area contributed by atoms with E-state index in [0.717, 1.165) is 0 Å². The van der Waals surface area contributed by atoms with E-state index in [1.165, 1.54) is 19.2 Å². The van der Waals surface area contributed by atoms with E-state index in [1.54, 1.807) is 19.9 Å². The van der Waals surface area contributed by atoms with Gasteiger partial charge < -0.3 is 20.5 Å². The van der Waals surface area contributed by atoms with Crippen LogP contribution in [0.4, 0.5) is 5.69 Å². The lowest BCUT2D eigenvalue weighted by atomic mass is 10.2. The van der Waals surface area contributed by atoms with Gasteiger partial charge >= 0.3 is 5.97 Å². The van der Waals surface area contributed by atoms with Gasteiger partial charge in [0.2, 0.25) is 0 Å². The second kappa shape index (κ2) is 6.63. The zero-order chi connectivity index (χ0) is 14.4. The van der Waals surface area contributed by atoms with E-state index in [2.05, 4.69) is 5.32 Å². The van der Waals surface area contributed by atoms with Crippen molar-refractivity contribution in [1.82, 2.24) is 5.32 Å². The molecule has 3 N–H and O–H groups in total. The maximum atomic E-state index is 11.7. The highest BCUT2D eigenvalue weighted by atomic mass is 16.5. The molecule has 0 bridgehead atoms. The van der Waals surface area contributed by atoms with E-state index in [4.69, 9.17) is 15.2 Å². The first-order chi connectivity index (χ1) is 8.93. The Hall–Kier alpha value is -2.24. The molecule has 0 aromatic heterocycles. The van der Waals surface area contributed by atoms with Gasteiger partial charge in [0.25, 0.3) is 5.91 Å². The van der Waals surface area contributed by atoms with Crippen molar-refractivity contribution >= 4 is 17.6 Å². The Morgan fingerprint density at radius 3 is 2.63 bits per heavy atom. The Labute approximate surface area is 111 Å². The van der Waals surface area contributed by atoms with Crippen molar-refractivity contribution < 1.29 is 19.1 Å². The normalized spacial score (nSPS) is 10.1. The molecule has 0 saturated heterocycles. The lowest BCUT2D eigenvalue weighted by molar-refractivity contribution is -0.122. The molecule has 0 heterocycles. The molecule has 0 aliphatic carbocycles. The van der Waals surface area contributed by atoms with Crippen molar-refractivity contribution in [3.05, 3.63) is 23.8 Å². The monoisotopic (exact) mass is 266 g/mol. The van der Waals surface area contributed by atoms with Gasteiger partial charge in [-0.25, -0.2) is 4.79 Å². The second-order valence-corrected chi connectivity index (χ2v) is 4.17. The maximum absolute atomic E-state index is 11.7. The Kier molecular flexibility index (Phi) is 5.17. The van der Waals surface area contributed by atoms with Gasteiger partial charge in [-0.2, -0.15) is 0 Å². The number of benzene rings is 1. The van der Waals surface area contributed by atoms with E-state index in [1.807, 2.05) is 0 Å². The lowest BCUT2D eigenvalue weighted by Crippen LogP contribution is -2.25. The molecule has 1 rings (SSSR count). The second-order valence-electron chi connectivity index (χ2n) is 4.17. The molecule has 1 aromatic carbocycles. The molecule has 0 aliphatic rings. The lowest BCUT2D eigenvalue weighted by Gasteiger charge is -2.11. The Morgan fingerprint density at radius 1 is 1.37 bits per heavy atom. The van der Waals surface area contributed by atoms with Gasteiger partial charge in [0, 0.05) is 7.05 Å². The van der Waals surface area contributed by atoms with Crippen LogP contribution in [0.15, 0.2) is 18.2 Å². The van der Waals surface area contributed by atoms with Gasteiger partial charge in [0.15, 0.2) is 6.61 Å². The molecule has 0 unspecified atom stereocenters. The molecular formula is C13H18N2O4. The molecule has 0 fully saturated rings. The number of esters is 1.